The number of rotatable bonds is 11. The zero-order valence-corrected chi connectivity index (χ0v) is 24.5. The number of nitrogens with one attached hydrogen (secondary N) is 2. The molecule has 43 heavy (non-hydrogen) atoms. The van der Waals surface area contributed by atoms with Crippen LogP contribution in [0.3, 0.4) is 0 Å². The number of hydrogen-bond donors (Lipinski definition) is 4. The molecular formula is C32H41N9O2. The second-order valence-corrected chi connectivity index (χ2v) is 10.9. The normalized spacial score (nSPS) is 18.1. The Hall–Kier alpha value is -4.32. The number of carbonyl (C=O) groups is 1. The first-order valence-corrected chi connectivity index (χ1v) is 14.9. The van der Waals surface area contributed by atoms with Gasteiger partial charge in [-0.25, -0.2) is 9.97 Å². The fraction of sp³-hybridized carbons (Fsp3) is 0.375. The van der Waals surface area contributed by atoms with Gasteiger partial charge in [0, 0.05) is 76.6 Å². The molecule has 1 amide bonds. The van der Waals surface area contributed by atoms with Gasteiger partial charge in [0.2, 0.25) is 5.91 Å². The van der Waals surface area contributed by atoms with Crippen LogP contribution in [0.1, 0.15) is 24.0 Å². The van der Waals surface area contributed by atoms with Crippen molar-refractivity contribution in [3.05, 3.63) is 84.2 Å². The number of nitrogens with two attached hydrogens (primary N) is 2. The number of nitrogen functional groups attached to an aromatic ring is 1. The monoisotopic (exact) mass is 583 g/mol. The maximum atomic E-state index is 13.0. The van der Waals surface area contributed by atoms with Crippen molar-refractivity contribution in [3.8, 4) is 11.5 Å². The summed E-state index contributed by atoms with van der Waals surface area (Å²) in [7, 11) is 0. The van der Waals surface area contributed by atoms with Crippen LogP contribution in [-0.4, -0.2) is 101 Å². The molecule has 1 atom stereocenters. The molecule has 226 valence electrons. The zero-order valence-electron chi connectivity index (χ0n) is 24.5. The van der Waals surface area contributed by atoms with Crippen LogP contribution in [-0.2, 0) is 4.79 Å². The number of carbonyl (C=O) groups excluding carboxylic acids is 1. The number of anilines is 2. The second-order valence-electron chi connectivity index (χ2n) is 10.9. The van der Waals surface area contributed by atoms with Gasteiger partial charge in [-0.2, -0.15) is 0 Å². The standard InChI is InChI=1S/C32H41N9O2/c33-14-17-40-20-18-39(19-21-40)15-5-9-28(42)41-16-4-6-25(22-41)38-32-29(31(35)36-23-37-32)30(34)24-10-12-27(13-11-24)43-26-7-2-1-3-8-26/h1-3,5,7-13,23,25,34H,4,6,14-22,33H2,(H3,35,36,37,38)/b9-5+,34-30?. The number of para-hydroxylation sites is 1. The Balaban J connectivity index is 1.18. The van der Waals surface area contributed by atoms with Gasteiger partial charge in [0.05, 0.1) is 11.3 Å². The van der Waals surface area contributed by atoms with Crippen molar-refractivity contribution in [2.45, 2.75) is 18.9 Å². The highest BCUT2D eigenvalue weighted by atomic mass is 16.5. The zero-order chi connectivity index (χ0) is 30.0. The fourth-order valence-electron chi connectivity index (χ4n) is 5.49. The quantitative estimate of drug-likeness (QED) is 0.197. The Morgan fingerprint density at radius 3 is 2.47 bits per heavy atom. The molecule has 2 aliphatic rings. The van der Waals surface area contributed by atoms with Crippen molar-refractivity contribution in [1.29, 1.82) is 5.41 Å². The minimum Gasteiger partial charge on any atom is -0.457 e. The lowest BCUT2D eigenvalue weighted by molar-refractivity contribution is -0.127. The van der Waals surface area contributed by atoms with E-state index in [1.807, 2.05) is 65.6 Å². The first kappa shape index (κ1) is 30.1. The van der Waals surface area contributed by atoms with Crippen molar-refractivity contribution < 1.29 is 9.53 Å². The Morgan fingerprint density at radius 1 is 1.00 bits per heavy atom. The van der Waals surface area contributed by atoms with Gasteiger partial charge in [-0.05, 0) is 49.2 Å². The molecule has 0 spiro atoms. The summed E-state index contributed by atoms with van der Waals surface area (Å²) >= 11 is 0. The molecule has 2 saturated heterocycles. The number of piperazine rings is 1. The molecule has 3 aromatic rings. The van der Waals surface area contributed by atoms with Crippen LogP contribution >= 0.6 is 0 Å². The average Bonchev–Trinajstić information content (AvgIpc) is 3.03. The van der Waals surface area contributed by atoms with Crippen LogP contribution in [0.25, 0.3) is 0 Å². The van der Waals surface area contributed by atoms with Crippen molar-refractivity contribution in [2.24, 2.45) is 5.73 Å². The summed E-state index contributed by atoms with van der Waals surface area (Å²) in [6.07, 6.45) is 6.82. The van der Waals surface area contributed by atoms with Gasteiger partial charge >= 0.3 is 0 Å². The van der Waals surface area contributed by atoms with E-state index < -0.39 is 0 Å². The largest absolute Gasteiger partial charge is 0.457 e. The van der Waals surface area contributed by atoms with Crippen molar-refractivity contribution in [2.75, 3.05) is 70.0 Å². The Bertz CT molecular complexity index is 1390. The molecule has 0 bridgehead atoms. The summed E-state index contributed by atoms with van der Waals surface area (Å²) in [6.45, 7) is 7.65. The van der Waals surface area contributed by atoms with Crippen LogP contribution < -0.4 is 21.5 Å². The van der Waals surface area contributed by atoms with Crippen LogP contribution in [0, 0.1) is 5.41 Å². The van der Waals surface area contributed by atoms with Gasteiger partial charge in [-0.3, -0.25) is 20.0 Å². The predicted octanol–water partition coefficient (Wildman–Crippen LogP) is 2.80. The highest BCUT2D eigenvalue weighted by Gasteiger charge is 2.25. The molecule has 2 fully saturated rings. The molecule has 0 saturated carbocycles. The van der Waals surface area contributed by atoms with Gasteiger partial charge in [0.25, 0.3) is 0 Å². The number of likely N-dealkylation sites (tertiary alicyclic amines) is 1. The molecule has 2 aliphatic heterocycles. The lowest BCUT2D eigenvalue weighted by Crippen LogP contribution is -2.47. The summed E-state index contributed by atoms with van der Waals surface area (Å²) in [4.78, 5) is 28.2. The summed E-state index contributed by atoms with van der Waals surface area (Å²) < 4.78 is 5.89. The third kappa shape index (κ3) is 8.16. The van der Waals surface area contributed by atoms with E-state index in [0.717, 1.165) is 57.9 Å². The molecule has 6 N–H and O–H groups in total. The molecule has 1 aromatic heterocycles. The molecule has 2 aromatic carbocycles. The second kappa shape index (κ2) is 14.7. The number of hydrogen-bond acceptors (Lipinski definition) is 10. The number of ether oxygens (including phenoxy) is 1. The van der Waals surface area contributed by atoms with E-state index in [4.69, 9.17) is 21.6 Å². The molecular weight excluding hydrogens is 542 g/mol. The predicted molar refractivity (Wildman–Crippen MR) is 170 cm³/mol. The fourth-order valence-corrected chi connectivity index (χ4v) is 5.49. The third-order valence-electron chi connectivity index (χ3n) is 7.86. The molecule has 5 rings (SSSR count). The first-order chi connectivity index (χ1) is 21.0. The number of nitrogens with zero attached hydrogens (tertiary/aromatic N) is 5. The van der Waals surface area contributed by atoms with Crippen molar-refractivity contribution in [3.63, 3.8) is 0 Å². The Morgan fingerprint density at radius 2 is 1.72 bits per heavy atom. The van der Waals surface area contributed by atoms with Crippen molar-refractivity contribution >= 4 is 23.3 Å². The highest BCUT2D eigenvalue weighted by Crippen LogP contribution is 2.26. The van der Waals surface area contributed by atoms with Gasteiger partial charge in [-0.1, -0.05) is 24.3 Å². The smallest absolute Gasteiger partial charge is 0.246 e. The molecule has 11 heteroatoms. The minimum atomic E-state index is -0.0239. The number of amides is 1. The number of piperidine rings is 1. The van der Waals surface area contributed by atoms with Gasteiger partial charge in [-0.15, -0.1) is 0 Å². The maximum absolute atomic E-state index is 13.0. The first-order valence-electron chi connectivity index (χ1n) is 14.9. The van der Waals surface area contributed by atoms with Gasteiger partial charge in [0.15, 0.2) is 0 Å². The lowest BCUT2D eigenvalue weighted by atomic mass is 10.0. The van der Waals surface area contributed by atoms with Gasteiger partial charge in [0.1, 0.15) is 29.5 Å². The minimum absolute atomic E-state index is 0.0150. The molecule has 1 unspecified atom stereocenters. The van der Waals surface area contributed by atoms with Crippen molar-refractivity contribution in [1.82, 2.24) is 24.7 Å². The third-order valence-corrected chi connectivity index (χ3v) is 7.86. The summed E-state index contributed by atoms with van der Waals surface area (Å²) in [5.41, 5.74) is 13.3. The Labute approximate surface area is 253 Å². The van der Waals surface area contributed by atoms with E-state index >= 15 is 0 Å². The highest BCUT2D eigenvalue weighted by molar-refractivity contribution is 6.16. The van der Waals surface area contributed by atoms with E-state index in [2.05, 4.69) is 25.1 Å². The number of aromatic nitrogens is 2. The van der Waals surface area contributed by atoms with Crippen LogP contribution in [0.4, 0.5) is 11.6 Å². The van der Waals surface area contributed by atoms with E-state index in [0.29, 0.717) is 42.3 Å². The van der Waals surface area contributed by atoms with E-state index in [-0.39, 0.29) is 23.5 Å². The van der Waals surface area contributed by atoms with Crippen LogP contribution in [0.2, 0.25) is 0 Å². The maximum Gasteiger partial charge on any atom is 0.246 e. The molecule has 0 aliphatic carbocycles. The number of benzene rings is 2. The van der Waals surface area contributed by atoms with E-state index in [1.165, 1.54) is 6.33 Å². The van der Waals surface area contributed by atoms with Crippen LogP contribution in [0.15, 0.2) is 73.1 Å². The topological polar surface area (TPSA) is 150 Å². The SMILES string of the molecule is N=C(c1ccc(Oc2ccccc2)cc1)c1c(N)ncnc1NC1CCCN(C(=O)/C=C/CN2CCN(CCN)CC2)C1. The van der Waals surface area contributed by atoms with Crippen LogP contribution in [0.5, 0.6) is 11.5 Å². The molecule has 0 radical (unpaired) electrons. The Kier molecular flexibility index (Phi) is 10.3. The van der Waals surface area contributed by atoms with E-state index in [1.54, 1.807) is 6.08 Å². The van der Waals surface area contributed by atoms with E-state index in [9.17, 15) is 4.79 Å². The summed E-state index contributed by atoms with van der Waals surface area (Å²) in [5.74, 6) is 2.14. The summed E-state index contributed by atoms with van der Waals surface area (Å²) in [6, 6.07) is 16.8. The molecule has 11 nitrogen and oxygen atoms in total. The molecule has 3 heterocycles. The lowest BCUT2D eigenvalue weighted by Gasteiger charge is -2.34. The summed E-state index contributed by atoms with van der Waals surface area (Å²) in [5, 5.41) is 12.4. The van der Waals surface area contributed by atoms with Gasteiger partial charge < -0.3 is 26.4 Å². The average molecular weight is 584 g/mol.